The van der Waals surface area contributed by atoms with E-state index >= 15 is 0 Å². The van der Waals surface area contributed by atoms with Crippen molar-refractivity contribution >= 4 is 13.6 Å². The number of hydrogen-bond acceptors (Lipinski definition) is 5. The van der Waals surface area contributed by atoms with Gasteiger partial charge in [-0.3, -0.25) is 9.36 Å². The lowest BCUT2D eigenvalue weighted by Gasteiger charge is -2.36. The van der Waals surface area contributed by atoms with Gasteiger partial charge in [0.25, 0.3) is 0 Å². The van der Waals surface area contributed by atoms with Crippen molar-refractivity contribution in [2.24, 2.45) is 0 Å². The number of hydrogen-bond donors (Lipinski definition) is 0. The second-order valence-electron chi connectivity index (χ2n) is 4.59. The van der Waals surface area contributed by atoms with Crippen molar-refractivity contribution in [3.63, 3.8) is 0 Å². The molecule has 0 spiro atoms. The summed E-state index contributed by atoms with van der Waals surface area (Å²) in [6.07, 6.45) is 2.31. The van der Waals surface area contributed by atoms with E-state index in [0.717, 1.165) is 0 Å². The molecule has 0 aliphatic heterocycles. The Morgan fingerprint density at radius 1 is 0.900 bits per heavy atom. The minimum Gasteiger partial charge on any atom is -0.465 e. The molecule has 0 aliphatic rings. The monoisotopic (exact) mass is 308 g/mol. The summed E-state index contributed by atoms with van der Waals surface area (Å²) in [5, 5.41) is -1.18. The first kappa shape index (κ1) is 19.6. The number of ether oxygens (including phenoxy) is 1. The summed E-state index contributed by atoms with van der Waals surface area (Å²) in [5.74, 6) is -0.464. The molecule has 0 atom stereocenters. The van der Waals surface area contributed by atoms with Crippen LogP contribution < -0.4 is 0 Å². The topological polar surface area (TPSA) is 61.8 Å². The summed E-state index contributed by atoms with van der Waals surface area (Å²) < 4.78 is 29.2. The van der Waals surface area contributed by atoms with Crippen molar-refractivity contribution < 1.29 is 23.1 Å². The molecule has 0 heterocycles. The van der Waals surface area contributed by atoms with E-state index in [1.807, 2.05) is 13.8 Å². The summed E-state index contributed by atoms with van der Waals surface area (Å²) in [6, 6.07) is 0. The molecule has 0 aliphatic carbocycles. The SMILES string of the molecule is CCCC(CCC)(C(=O)OCC)P(=O)(OCC)OCC. The molecule has 0 bridgehead atoms. The van der Waals surface area contributed by atoms with Crippen molar-refractivity contribution in [1.29, 1.82) is 0 Å². The highest BCUT2D eigenvalue weighted by Crippen LogP contribution is 2.64. The molecule has 120 valence electrons. The highest BCUT2D eigenvalue weighted by atomic mass is 31.2. The maximum absolute atomic E-state index is 13.2. The van der Waals surface area contributed by atoms with E-state index < -0.39 is 18.7 Å². The van der Waals surface area contributed by atoms with Crippen LogP contribution in [0, 0.1) is 0 Å². The lowest BCUT2D eigenvalue weighted by Crippen LogP contribution is -2.41. The van der Waals surface area contributed by atoms with Crippen LogP contribution >= 0.6 is 7.60 Å². The van der Waals surface area contributed by atoms with Crippen LogP contribution in [0.1, 0.15) is 60.3 Å². The van der Waals surface area contributed by atoms with E-state index in [1.165, 1.54) is 0 Å². The molecular formula is C14H29O5P. The first-order chi connectivity index (χ1) is 9.47. The Morgan fingerprint density at radius 2 is 1.35 bits per heavy atom. The standard InChI is InChI=1S/C14H29O5P/c1-6-11-14(12-7-2,13(15)17-8-3)20(16,18-9-4)19-10-5/h6-12H2,1-5H3. The molecule has 0 saturated carbocycles. The summed E-state index contributed by atoms with van der Waals surface area (Å²) in [6.45, 7) is 9.88. The zero-order valence-electron chi connectivity index (χ0n) is 13.4. The first-order valence-corrected chi connectivity index (χ1v) is 9.08. The third kappa shape index (κ3) is 4.31. The molecule has 0 amide bonds. The van der Waals surface area contributed by atoms with Crippen LogP contribution in [0.2, 0.25) is 0 Å². The molecule has 0 aromatic carbocycles. The molecule has 0 aromatic heterocycles. The Bertz CT molecular complexity index is 314. The average molecular weight is 308 g/mol. The minimum atomic E-state index is -3.55. The van der Waals surface area contributed by atoms with Crippen molar-refractivity contribution in [3.8, 4) is 0 Å². The summed E-state index contributed by atoms with van der Waals surface area (Å²) in [4.78, 5) is 12.5. The van der Waals surface area contributed by atoms with Crippen molar-refractivity contribution in [3.05, 3.63) is 0 Å². The maximum Gasteiger partial charge on any atom is 0.347 e. The zero-order chi connectivity index (χ0) is 15.6. The van der Waals surface area contributed by atoms with E-state index in [2.05, 4.69) is 0 Å². The fraction of sp³-hybridized carbons (Fsp3) is 0.929. The van der Waals surface area contributed by atoms with Gasteiger partial charge in [-0.2, -0.15) is 0 Å². The predicted octanol–water partition coefficient (Wildman–Crippen LogP) is 4.15. The largest absolute Gasteiger partial charge is 0.465 e. The average Bonchev–Trinajstić information content (AvgIpc) is 2.39. The van der Waals surface area contributed by atoms with Crippen LogP contribution in [0.25, 0.3) is 0 Å². The lowest BCUT2D eigenvalue weighted by atomic mass is 9.97. The lowest BCUT2D eigenvalue weighted by molar-refractivity contribution is -0.147. The summed E-state index contributed by atoms with van der Waals surface area (Å²) >= 11 is 0. The zero-order valence-corrected chi connectivity index (χ0v) is 14.3. The normalized spacial score (nSPS) is 12.4. The van der Waals surface area contributed by atoms with Crippen LogP contribution in [0.15, 0.2) is 0 Å². The number of carbonyl (C=O) groups is 1. The number of carbonyl (C=O) groups excluding carboxylic acids is 1. The van der Waals surface area contributed by atoms with Gasteiger partial charge in [0.15, 0.2) is 5.16 Å². The fourth-order valence-electron chi connectivity index (χ4n) is 2.43. The smallest absolute Gasteiger partial charge is 0.347 e. The highest BCUT2D eigenvalue weighted by Gasteiger charge is 2.56. The number of rotatable bonds is 11. The van der Waals surface area contributed by atoms with Crippen LogP contribution in [0.4, 0.5) is 0 Å². The van der Waals surface area contributed by atoms with Gasteiger partial charge in [0.05, 0.1) is 19.8 Å². The molecule has 5 nitrogen and oxygen atoms in total. The van der Waals surface area contributed by atoms with Crippen LogP contribution in [-0.4, -0.2) is 30.9 Å². The van der Waals surface area contributed by atoms with Gasteiger partial charge in [-0.1, -0.05) is 26.7 Å². The Morgan fingerprint density at radius 3 is 1.65 bits per heavy atom. The Hall–Kier alpha value is -0.380. The second-order valence-corrected chi connectivity index (χ2v) is 6.95. The first-order valence-electron chi connectivity index (χ1n) is 7.54. The van der Waals surface area contributed by atoms with Gasteiger partial charge in [0.1, 0.15) is 0 Å². The van der Waals surface area contributed by atoms with E-state index in [-0.39, 0.29) is 19.8 Å². The van der Waals surface area contributed by atoms with Crippen LogP contribution in [0.3, 0.4) is 0 Å². The molecule has 6 heteroatoms. The molecule has 0 radical (unpaired) electrons. The molecule has 0 N–H and O–H groups in total. The highest BCUT2D eigenvalue weighted by molar-refractivity contribution is 7.56. The fourth-order valence-corrected chi connectivity index (χ4v) is 4.96. The quantitative estimate of drug-likeness (QED) is 0.424. The second kappa shape index (κ2) is 9.54. The summed E-state index contributed by atoms with van der Waals surface area (Å²) in [7, 11) is -3.55. The molecule has 0 unspecified atom stereocenters. The van der Waals surface area contributed by atoms with Crippen molar-refractivity contribution in [1.82, 2.24) is 0 Å². The van der Waals surface area contributed by atoms with Gasteiger partial charge in [0.2, 0.25) is 0 Å². The van der Waals surface area contributed by atoms with E-state index in [9.17, 15) is 9.36 Å². The Balaban J connectivity index is 5.74. The van der Waals surface area contributed by atoms with Gasteiger partial charge >= 0.3 is 13.6 Å². The van der Waals surface area contributed by atoms with Gasteiger partial charge in [0, 0.05) is 0 Å². The minimum absolute atomic E-state index is 0.242. The molecule has 0 aromatic rings. The molecule has 0 saturated heterocycles. The Kier molecular flexibility index (Phi) is 9.36. The van der Waals surface area contributed by atoms with Gasteiger partial charge < -0.3 is 13.8 Å². The molecule has 0 fully saturated rings. The summed E-state index contributed by atoms with van der Waals surface area (Å²) in [5.41, 5.74) is 0. The van der Waals surface area contributed by atoms with Crippen molar-refractivity contribution in [2.75, 3.05) is 19.8 Å². The van der Waals surface area contributed by atoms with E-state index in [0.29, 0.717) is 25.7 Å². The van der Waals surface area contributed by atoms with Gasteiger partial charge in [-0.05, 0) is 33.6 Å². The van der Waals surface area contributed by atoms with Crippen LogP contribution in [-0.2, 0) is 23.1 Å². The van der Waals surface area contributed by atoms with E-state index in [4.69, 9.17) is 13.8 Å². The van der Waals surface area contributed by atoms with Crippen LogP contribution in [0.5, 0.6) is 0 Å². The van der Waals surface area contributed by atoms with E-state index in [1.54, 1.807) is 20.8 Å². The van der Waals surface area contributed by atoms with Gasteiger partial charge in [-0.15, -0.1) is 0 Å². The molecular weight excluding hydrogens is 279 g/mol. The molecule has 20 heavy (non-hydrogen) atoms. The predicted molar refractivity (Wildman–Crippen MR) is 80.0 cm³/mol. The molecule has 0 rings (SSSR count). The maximum atomic E-state index is 13.2. The third-order valence-electron chi connectivity index (χ3n) is 3.10. The number of esters is 1. The van der Waals surface area contributed by atoms with Gasteiger partial charge in [-0.25, -0.2) is 0 Å². The van der Waals surface area contributed by atoms with Crippen molar-refractivity contribution in [2.45, 2.75) is 65.5 Å². The third-order valence-corrected chi connectivity index (χ3v) is 5.98. The Labute approximate surface area is 122 Å².